The Hall–Kier alpha value is -1.94. The minimum Gasteiger partial charge on any atom is -0.341 e. The van der Waals surface area contributed by atoms with Crippen molar-refractivity contribution in [1.29, 1.82) is 0 Å². The van der Waals surface area contributed by atoms with E-state index in [4.69, 9.17) is 0 Å². The van der Waals surface area contributed by atoms with Crippen LogP contribution in [0, 0.1) is 0 Å². The van der Waals surface area contributed by atoms with Gasteiger partial charge in [-0.15, -0.1) is 0 Å². The molecule has 1 aromatic heterocycles. The van der Waals surface area contributed by atoms with E-state index >= 15 is 0 Å². The van der Waals surface area contributed by atoms with Crippen LogP contribution in [0.1, 0.15) is 23.7 Å². The number of hydrogen-bond donors (Lipinski definition) is 0. The lowest BCUT2D eigenvalue weighted by molar-refractivity contribution is -0.129. The summed E-state index contributed by atoms with van der Waals surface area (Å²) in [5.41, 5.74) is 0.931. The number of thioether (sulfide) groups is 1. The molecule has 2 aromatic rings. The van der Waals surface area contributed by atoms with Crippen LogP contribution in [0.5, 0.6) is 0 Å². The van der Waals surface area contributed by atoms with Crippen molar-refractivity contribution in [3.05, 3.63) is 54.2 Å². The number of amides is 1. The molecule has 0 spiro atoms. The van der Waals surface area contributed by atoms with Crippen molar-refractivity contribution in [2.45, 2.75) is 28.0 Å². The van der Waals surface area contributed by atoms with Gasteiger partial charge in [-0.3, -0.25) is 4.79 Å². The monoisotopic (exact) mass is 460 g/mol. The third kappa shape index (κ3) is 5.11. The van der Waals surface area contributed by atoms with E-state index < -0.39 is 15.3 Å². The summed E-state index contributed by atoms with van der Waals surface area (Å²) in [5.74, 6) is 0.0876. The van der Waals surface area contributed by atoms with Crippen LogP contribution in [0.4, 0.5) is 0 Å². The molecule has 31 heavy (non-hydrogen) atoms. The number of aromatic nitrogens is 1. The van der Waals surface area contributed by atoms with Crippen molar-refractivity contribution in [2.24, 2.45) is 0 Å². The first-order valence-corrected chi connectivity index (χ1v) is 12.9. The second-order valence-electron chi connectivity index (χ2n) is 7.98. The number of hydrogen-bond acceptors (Lipinski definition) is 6. The lowest BCUT2D eigenvalue weighted by atomic mass is 10.1. The van der Waals surface area contributed by atoms with Crippen LogP contribution in [-0.2, 0) is 14.8 Å². The molecule has 2 aliphatic heterocycles. The highest BCUT2D eigenvalue weighted by Gasteiger charge is 2.30. The van der Waals surface area contributed by atoms with Crippen molar-refractivity contribution in [3.8, 4) is 0 Å². The fourth-order valence-electron chi connectivity index (χ4n) is 3.88. The second kappa shape index (κ2) is 9.68. The van der Waals surface area contributed by atoms with Gasteiger partial charge in [0, 0.05) is 45.5 Å². The molecule has 0 aliphatic carbocycles. The summed E-state index contributed by atoms with van der Waals surface area (Å²) in [6.45, 7) is 3.98. The summed E-state index contributed by atoms with van der Waals surface area (Å²) in [4.78, 5) is 21.8. The molecule has 4 rings (SSSR count). The third-order valence-electron chi connectivity index (χ3n) is 5.79. The summed E-state index contributed by atoms with van der Waals surface area (Å²) < 4.78 is 27.4. The molecular formula is C22H28N4O3S2. The maximum absolute atomic E-state index is 13.2. The quantitative estimate of drug-likeness (QED) is 0.617. The Kier molecular flexibility index (Phi) is 6.95. The minimum atomic E-state index is -3.55. The van der Waals surface area contributed by atoms with Gasteiger partial charge in [0.15, 0.2) is 0 Å². The first-order valence-electron chi connectivity index (χ1n) is 10.6. The third-order valence-corrected chi connectivity index (χ3v) is 8.87. The number of likely N-dealkylation sites (N-methyl/N-ethyl adjacent to an activating group) is 1. The molecule has 0 saturated carbocycles. The summed E-state index contributed by atoms with van der Waals surface area (Å²) >= 11 is 1.37. The number of rotatable bonds is 6. The Morgan fingerprint density at radius 2 is 1.65 bits per heavy atom. The molecule has 3 heterocycles. The topological polar surface area (TPSA) is 73.8 Å². The van der Waals surface area contributed by atoms with Crippen LogP contribution in [0.2, 0.25) is 0 Å². The van der Waals surface area contributed by atoms with Gasteiger partial charge in [-0.25, -0.2) is 13.4 Å². The van der Waals surface area contributed by atoms with Crippen molar-refractivity contribution in [2.75, 3.05) is 46.3 Å². The number of nitrogens with zero attached hydrogens (tertiary/aromatic N) is 4. The number of carbonyl (C=O) groups is 1. The maximum Gasteiger partial charge on any atom is 0.244 e. The van der Waals surface area contributed by atoms with Crippen molar-refractivity contribution >= 4 is 27.7 Å². The standard InChI is InChI=1S/C22H28N4O3S2/c1-24-13-15-26(16-14-24)31(28,29)19-9-10-20(23-17-19)30-21(18-7-3-2-4-8-18)22(27)25-11-5-6-12-25/h2-4,7-10,17,21H,5-6,11-16H2,1H3. The normalized spacial score (nSPS) is 19.5. The molecular weight excluding hydrogens is 432 g/mol. The smallest absolute Gasteiger partial charge is 0.244 e. The van der Waals surface area contributed by atoms with Gasteiger partial charge < -0.3 is 9.80 Å². The maximum atomic E-state index is 13.2. The molecule has 1 unspecified atom stereocenters. The van der Waals surface area contributed by atoms with Crippen LogP contribution < -0.4 is 0 Å². The highest BCUT2D eigenvalue weighted by molar-refractivity contribution is 8.00. The van der Waals surface area contributed by atoms with Gasteiger partial charge in [0.05, 0.1) is 5.03 Å². The highest BCUT2D eigenvalue weighted by atomic mass is 32.2. The van der Waals surface area contributed by atoms with Gasteiger partial charge >= 0.3 is 0 Å². The van der Waals surface area contributed by atoms with Crippen LogP contribution in [-0.4, -0.2) is 79.7 Å². The van der Waals surface area contributed by atoms with E-state index in [0.29, 0.717) is 18.1 Å². The van der Waals surface area contributed by atoms with Gasteiger partial charge in [0.25, 0.3) is 0 Å². The second-order valence-corrected chi connectivity index (χ2v) is 11.0. The van der Waals surface area contributed by atoms with E-state index in [1.54, 1.807) is 12.1 Å². The zero-order chi connectivity index (χ0) is 21.8. The predicted molar refractivity (Wildman–Crippen MR) is 121 cm³/mol. The van der Waals surface area contributed by atoms with Gasteiger partial charge in [-0.05, 0) is 37.6 Å². The van der Waals surface area contributed by atoms with Crippen LogP contribution in [0.25, 0.3) is 0 Å². The molecule has 1 atom stereocenters. The molecule has 7 nitrogen and oxygen atoms in total. The van der Waals surface area contributed by atoms with E-state index in [1.807, 2.05) is 42.3 Å². The summed E-state index contributed by atoms with van der Waals surface area (Å²) in [6.07, 6.45) is 3.49. The van der Waals surface area contributed by atoms with Crippen LogP contribution in [0.3, 0.4) is 0 Å². The average molecular weight is 461 g/mol. The Bertz CT molecular complexity index is 985. The molecule has 2 saturated heterocycles. The number of carbonyl (C=O) groups excluding carboxylic acids is 1. The van der Waals surface area contributed by atoms with Crippen molar-refractivity contribution in [3.63, 3.8) is 0 Å². The summed E-state index contributed by atoms with van der Waals surface area (Å²) in [7, 11) is -1.56. The minimum absolute atomic E-state index is 0.0876. The molecule has 1 amide bonds. The van der Waals surface area contributed by atoms with E-state index in [1.165, 1.54) is 22.3 Å². The molecule has 166 valence electrons. The van der Waals surface area contributed by atoms with Gasteiger partial charge in [-0.1, -0.05) is 42.1 Å². The first kappa shape index (κ1) is 22.3. The lowest BCUT2D eigenvalue weighted by Crippen LogP contribution is -2.47. The largest absolute Gasteiger partial charge is 0.341 e. The molecule has 1 aromatic carbocycles. The highest BCUT2D eigenvalue weighted by Crippen LogP contribution is 2.36. The predicted octanol–water partition coefficient (Wildman–Crippen LogP) is 2.47. The van der Waals surface area contributed by atoms with E-state index in [-0.39, 0.29) is 10.8 Å². The molecule has 0 N–H and O–H groups in total. The SMILES string of the molecule is CN1CCN(S(=O)(=O)c2ccc(SC(C(=O)N3CCCC3)c3ccccc3)nc2)CC1. The zero-order valence-corrected chi connectivity index (χ0v) is 19.3. The Morgan fingerprint density at radius 3 is 2.26 bits per heavy atom. The number of piperazine rings is 1. The van der Waals surface area contributed by atoms with Gasteiger partial charge in [0.1, 0.15) is 10.1 Å². The zero-order valence-electron chi connectivity index (χ0n) is 17.7. The molecule has 0 radical (unpaired) electrons. The Balaban J connectivity index is 1.52. The van der Waals surface area contributed by atoms with Crippen LogP contribution in [0.15, 0.2) is 58.6 Å². The summed E-state index contributed by atoms with van der Waals surface area (Å²) in [6, 6.07) is 13.0. The van der Waals surface area contributed by atoms with Crippen molar-refractivity contribution in [1.82, 2.24) is 19.1 Å². The number of sulfonamides is 1. The molecule has 0 bridgehead atoms. The van der Waals surface area contributed by atoms with Crippen LogP contribution >= 0.6 is 11.8 Å². The fourth-order valence-corrected chi connectivity index (χ4v) is 6.29. The Labute approximate surface area is 188 Å². The van der Waals surface area contributed by atoms with E-state index in [2.05, 4.69) is 9.88 Å². The molecule has 2 fully saturated rings. The van der Waals surface area contributed by atoms with Crippen molar-refractivity contribution < 1.29 is 13.2 Å². The number of pyridine rings is 1. The van der Waals surface area contributed by atoms with E-state index in [0.717, 1.165) is 44.6 Å². The van der Waals surface area contributed by atoms with Gasteiger partial charge in [-0.2, -0.15) is 4.31 Å². The first-order chi connectivity index (χ1) is 14.9. The number of benzene rings is 1. The van der Waals surface area contributed by atoms with E-state index in [9.17, 15) is 13.2 Å². The lowest BCUT2D eigenvalue weighted by Gasteiger charge is -2.31. The fraction of sp³-hybridized carbons (Fsp3) is 0.455. The molecule has 9 heteroatoms. The average Bonchev–Trinajstić information content (AvgIpc) is 3.33. The number of likely N-dealkylation sites (tertiary alicyclic amines) is 1. The molecule has 2 aliphatic rings. The Morgan fingerprint density at radius 1 is 0.968 bits per heavy atom. The summed E-state index contributed by atoms with van der Waals surface area (Å²) in [5, 5.41) is 0.241. The van der Waals surface area contributed by atoms with Gasteiger partial charge in [0.2, 0.25) is 15.9 Å².